The number of allylic oxidation sites excluding steroid dienone is 2. The van der Waals surface area contributed by atoms with Gasteiger partial charge in [-0.05, 0) is 17.0 Å². The highest BCUT2D eigenvalue weighted by Crippen LogP contribution is 2.50. The Bertz CT molecular complexity index is 549. The second-order valence-corrected chi connectivity index (χ2v) is 6.53. The quantitative estimate of drug-likeness (QED) is 0.836. The molecule has 1 aromatic rings. The van der Waals surface area contributed by atoms with E-state index in [-0.39, 0.29) is 5.75 Å². The monoisotopic (exact) mass is 302 g/mol. The maximum Gasteiger partial charge on any atom is 0.403 e. The number of halogens is 3. The number of carboxylic acids is 1. The van der Waals surface area contributed by atoms with Gasteiger partial charge in [-0.25, -0.2) is 15.7 Å². The molecule has 0 radical (unpaired) electrons. The normalized spacial score (nSPS) is 24.2. The Morgan fingerprint density at radius 1 is 1.25 bits per heavy atom. The van der Waals surface area contributed by atoms with E-state index in [4.69, 9.17) is 5.11 Å². The molecule has 0 fully saturated rings. The molecular formula is C14H13F3O2S. The van der Waals surface area contributed by atoms with Gasteiger partial charge in [0.1, 0.15) is 5.25 Å². The summed E-state index contributed by atoms with van der Waals surface area (Å²) in [4.78, 5) is 11.0. The minimum Gasteiger partial charge on any atom is -0.478 e. The molecule has 0 aromatic heterocycles. The molecule has 108 valence electrons. The summed E-state index contributed by atoms with van der Waals surface area (Å²) >= 11 is 0. The lowest BCUT2D eigenvalue weighted by molar-refractivity contribution is -0.140. The van der Waals surface area contributed by atoms with E-state index in [1.54, 1.807) is 30.3 Å². The van der Waals surface area contributed by atoms with Gasteiger partial charge in [-0.1, -0.05) is 36.4 Å². The molecule has 6 heteroatoms. The second kappa shape index (κ2) is 5.75. The zero-order valence-electron chi connectivity index (χ0n) is 10.3. The highest BCUT2D eigenvalue weighted by molar-refractivity contribution is 8.19. The summed E-state index contributed by atoms with van der Waals surface area (Å²) in [6.07, 6.45) is -2.08. The van der Waals surface area contributed by atoms with Gasteiger partial charge >= 0.3 is 12.1 Å². The summed E-state index contributed by atoms with van der Waals surface area (Å²) in [6.45, 7) is 0. The molecule has 2 nitrogen and oxygen atoms in total. The van der Waals surface area contributed by atoms with Crippen LogP contribution in [0.2, 0.25) is 0 Å². The van der Waals surface area contributed by atoms with Gasteiger partial charge in [0.2, 0.25) is 0 Å². The predicted molar refractivity (Wildman–Crippen MR) is 73.8 cm³/mol. The van der Waals surface area contributed by atoms with Crippen LogP contribution in [-0.2, 0) is 10.5 Å². The van der Waals surface area contributed by atoms with Crippen LogP contribution in [0.4, 0.5) is 13.2 Å². The zero-order valence-corrected chi connectivity index (χ0v) is 11.2. The predicted octanol–water partition coefficient (Wildman–Crippen LogP) is 3.66. The van der Waals surface area contributed by atoms with Crippen molar-refractivity contribution >= 4 is 16.9 Å². The average molecular weight is 302 g/mol. The van der Waals surface area contributed by atoms with Crippen molar-refractivity contribution in [2.24, 2.45) is 0 Å². The number of aliphatic carboxylic acids is 1. The first-order chi connectivity index (χ1) is 9.39. The first-order valence-corrected chi connectivity index (χ1v) is 7.54. The molecule has 20 heavy (non-hydrogen) atoms. The van der Waals surface area contributed by atoms with E-state index in [9.17, 15) is 18.0 Å². The third-order valence-corrected chi connectivity index (χ3v) is 5.46. The van der Waals surface area contributed by atoms with Crippen molar-refractivity contribution in [3.63, 3.8) is 0 Å². The molecule has 1 aliphatic rings. The van der Waals surface area contributed by atoms with Crippen LogP contribution in [0.25, 0.3) is 0 Å². The Balaban J connectivity index is 2.30. The van der Waals surface area contributed by atoms with Crippen LogP contribution in [-0.4, -0.2) is 22.5 Å². The molecule has 1 unspecified atom stereocenters. The van der Waals surface area contributed by atoms with E-state index in [1.807, 2.05) is 0 Å². The smallest absolute Gasteiger partial charge is 0.403 e. The Kier molecular flexibility index (Phi) is 4.23. The maximum absolute atomic E-state index is 13.2. The number of hydrogen-bond acceptors (Lipinski definition) is 1. The summed E-state index contributed by atoms with van der Waals surface area (Å²) < 4.78 is 39.5. The average Bonchev–Trinajstić information content (AvgIpc) is 2.38. The van der Waals surface area contributed by atoms with E-state index in [0.29, 0.717) is 0 Å². The van der Waals surface area contributed by atoms with Gasteiger partial charge in [-0.15, -0.1) is 0 Å². The number of carboxylic acid groups (broad SMARTS) is 1. The van der Waals surface area contributed by atoms with Crippen LogP contribution in [0.1, 0.15) is 5.56 Å². The molecule has 1 N–H and O–H groups in total. The molecule has 1 aliphatic heterocycles. The molecule has 0 saturated heterocycles. The summed E-state index contributed by atoms with van der Waals surface area (Å²) in [5, 5.41) is 8.55. The van der Waals surface area contributed by atoms with Gasteiger partial charge in [0, 0.05) is 5.75 Å². The van der Waals surface area contributed by atoms with E-state index in [0.717, 1.165) is 11.6 Å². The third kappa shape index (κ3) is 3.25. The molecule has 0 bridgehead atoms. The third-order valence-electron chi connectivity index (χ3n) is 2.94. The van der Waals surface area contributed by atoms with Gasteiger partial charge < -0.3 is 5.11 Å². The Morgan fingerprint density at radius 2 is 1.90 bits per heavy atom. The molecule has 1 heterocycles. The summed E-state index contributed by atoms with van der Waals surface area (Å²) in [5.74, 6) is -1.28. The second-order valence-electron chi connectivity index (χ2n) is 4.37. The molecular weight excluding hydrogens is 289 g/mol. The number of rotatable bonds is 3. The Morgan fingerprint density at radius 3 is 2.45 bits per heavy atom. The molecule has 1 aromatic carbocycles. The minimum absolute atomic E-state index is 0.224. The number of thiol groups is 1. The van der Waals surface area contributed by atoms with E-state index in [2.05, 4.69) is 0 Å². The van der Waals surface area contributed by atoms with E-state index in [1.165, 1.54) is 11.5 Å². The van der Waals surface area contributed by atoms with Crippen molar-refractivity contribution < 1.29 is 23.1 Å². The SMILES string of the molecule is O=C(O)C1=CC=C[SH](Cc2ccccc2)[C@@H]1C(F)(F)F. The van der Waals surface area contributed by atoms with Crippen molar-refractivity contribution in [3.8, 4) is 0 Å². The van der Waals surface area contributed by atoms with Crippen LogP contribution in [0.3, 0.4) is 0 Å². The highest BCUT2D eigenvalue weighted by atomic mass is 32.2. The largest absolute Gasteiger partial charge is 0.478 e. The topological polar surface area (TPSA) is 37.3 Å². The van der Waals surface area contributed by atoms with Crippen molar-refractivity contribution in [2.45, 2.75) is 17.2 Å². The maximum atomic E-state index is 13.2. The molecule has 0 aliphatic carbocycles. The molecule has 2 rings (SSSR count). The molecule has 0 spiro atoms. The van der Waals surface area contributed by atoms with Crippen molar-refractivity contribution in [1.29, 1.82) is 0 Å². The van der Waals surface area contributed by atoms with Gasteiger partial charge in [-0.2, -0.15) is 13.2 Å². The summed E-state index contributed by atoms with van der Waals surface area (Å²) in [5.41, 5.74) is 0.214. The Labute approximate surface area is 117 Å². The van der Waals surface area contributed by atoms with Crippen LogP contribution >= 0.6 is 10.9 Å². The van der Waals surface area contributed by atoms with Crippen LogP contribution in [0.15, 0.2) is 53.5 Å². The molecule has 0 amide bonds. The van der Waals surface area contributed by atoms with Crippen molar-refractivity contribution in [3.05, 3.63) is 59.0 Å². The number of hydrogen-bond donors (Lipinski definition) is 2. The lowest BCUT2D eigenvalue weighted by Crippen LogP contribution is -2.34. The van der Waals surface area contributed by atoms with Crippen LogP contribution in [0, 0.1) is 0 Å². The van der Waals surface area contributed by atoms with Crippen molar-refractivity contribution in [2.75, 3.05) is 0 Å². The molecule has 2 atom stereocenters. The lowest BCUT2D eigenvalue weighted by Gasteiger charge is -2.32. The minimum atomic E-state index is -4.55. The zero-order chi connectivity index (χ0) is 14.8. The fourth-order valence-electron chi connectivity index (χ4n) is 2.10. The van der Waals surface area contributed by atoms with Crippen LogP contribution in [0.5, 0.6) is 0 Å². The standard InChI is InChI=1S/C14H13F3O2S/c15-14(16,17)12-11(13(18)19)7-4-8-20(12)9-10-5-2-1-3-6-10/h1-8,12,20H,9H2,(H,18,19)/t12-/m0/s1. The summed E-state index contributed by atoms with van der Waals surface area (Å²) in [7, 11) is -1.63. The number of benzene rings is 1. The summed E-state index contributed by atoms with van der Waals surface area (Å²) in [6, 6.07) is 8.81. The first kappa shape index (κ1) is 14.7. The number of carbonyl (C=O) groups is 1. The Hall–Kier alpha value is -1.69. The highest BCUT2D eigenvalue weighted by Gasteiger charge is 2.47. The van der Waals surface area contributed by atoms with E-state index < -0.39 is 33.9 Å². The van der Waals surface area contributed by atoms with Gasteiger partial charge in [0.15, 0.2) is 0 Å². The van der Waals surface area contributed by atoms with Gasteiger partial charge in [0.25, 0.3) is 0 Å². The van der Waals surface area contributed by atoms with Crippen LogP contribution < -0.4 is 0 Å². The van der Waals surface area contributed by atoms with Gasteiger partial charge in [0.05, 0.1) is 5.57 Å². The fraction of sp³-hybridized carbons (Fsp3) is 0.214. The number of alkyl halides is 3. The molecule has 0 saturated carbocycles. The van der Waals surface area contributed by atoms with Crippen molar-refractivity contribution in [1.82, 2.24) is 0 Å². The van der Waals surface area contributed by atoms with E-state index >= 15 is 0 Å². The van der Waals surface area contributed by atoms with Gasteiger partial charge in [-0.3, -0.25) is 0 Å². The first-order valence-electron chi connectivity index (χ1n) is 5.87. The fourth-order valence-corrected chi connectivity index (χ4v) is 4.43. The lowest BCUT2D eigenvalue weighted by atomic mass is 10.1.